The fourth-order valence-electron chi connectivity index (χ4n) is 1.81. The largest absolute Gasteiger partial charge is 0.391 e. The number of aryl methyl sites for hydroxylation is 1. The summed E-state index contributed by atoms with van der Waals surface area (Å²) in [5.74, 6) is -0.435. The quantitative estimate of drug-likeness (QED) is 0.836. The van der Waals surface area contributed by atoms with Gasteiger partial charge in [0.15, 0.2) is 0 Å². The third-order valence-electron chi connectivity index (χ3n) is 2.94. The molecule has 2 N–H and O–H groups in total. The minimum Gasteiger partial charge on any atom is -0.391 e. The summed E-state index contributed by atoms with van der Waals surface area (Å²) in [6, 6.07) is 4.20. The molecule has 1 aromatic carbocycles. The molecular weight excluding hydrogens is 221 g/mol. The maximum Gasteiger partial charge on any atom is 0.251 e. The molecule has 1 fully saturated rings. The van der Waals surface area contributed by atoms with Gasteiger partial charge >= 0.3 is 0 Å². The Morgan fingerprint density at radius 3 is 2.82 bits per heavy atom. The second-order valence-corrected chi connectivity index (χ2v) is 4.63. The summed E-state index contributed by atoms with van der Waals surface area (Å²) in [7, 11) is 0. The molecule has 3 nitrogen and oxygen atoms in total. The zero-order valence-corrected chi connectivity index (χ0v) is 9.74. The Kier molecular flexibility index (Phi) is 3.43. The van der Waals surface area contributed by atoms with Gasteiger partial charge in [-0.25, -0.2) is 4.39 Å². The van der Waals surface area contributed by atoms with Crippen LogP contribution in [0, 0.1) is 18.7 Å². The summed E-state index contributed by atoms with van der Waals surface area (Å²) in [5, 5.41) is 12.2. The van der Waals surface area contributed by atoms with Crippen molar-refractivity contribution in [2.75, 3.05) is 6.54 Å². The molecule has 0 aliphatic heterocycles. The van der Waals surface area contributed by atoms with Crippen LogP contribution >= 0.6 is 0 Å². The van der Waals surface area contributed by atoms with Gasteiger partial charge in [-0.15, -0.1) is 0 Å². The third-order valence-corrected chi connectivity index (χ3v) is 2.94. The van der Waals surface area contributed by atoms with Crippen molar-refractivity contribution in [1.82, 2.24) is 5.32 Å². The van der Waals surface area contributed by atoms with Gasteiger partial charge in [-0.05, 0) is 49.4 Å². The highest BCUT2D eigenvalue weighted by Gasteiger charge is 2.29. The Bertz CT molecular complexity index is 409. The first-order valence-electron chi connectivity index (χ1n) is 5.79. The smallest absolute Gasteiger partial charge is 0.251 e. The molecule has 4 heteroatoms. The highest BCUT2D eigenvalue weighted by atomic mass is 19.1. The molecule has 17 heavy (non-hydrogen) atoms. The van der Waals surface area contributed by atoms with Crippen molar-refractivity contribution in [2.24, 2.45) is 5.92 Å². The van der Waals surface area contributed by atoms with E-state index in [1.54, 1.807) is 13.0 Å². The predicted molar refractivity (Wildman–Crippen MR) is 62.2 cm³/mol. The number of hydrogen-bond donors (Lipinski definition) is 2. The summed E-state index contributed by atoms with van der Waals surface area (Å²) in [4.78, 5) is 11.7. The Hall–Kier alpha value is -1.42. The lowest BCUT2D eigenvalue weighted by Crippen LogP contribution is -2.33. The van der Waals surface area contributed by atoms with Crippen LogP contribution < -0.4 is 5.32 Å². The molecule has 1 aromatic rings. The lowest BCUT2D eigenvalue weighted by molar-refractivity contribution is 0.0900. The molecule has 1 aliphatic carbocycles. The van der Waals surface area contributed by atoms with Crippen molar-refractivity contribution < 1.29 is 14.3 Å². The van der Waals surface area contributed by atoms with E-state index in [9.17, 15) is 14.3 Å². The Morgan fingerprint density at radius 2 is 2.24 bits per heavy atom. The second-order valence-electron chi connectivity index (χ2n) is 4.63. The number of carbonyl (C=O) groups excluding carboxylic acids is 1. The molecule has 0 heterocycles. The number of aliphatic hydroxyl groups is 1. The van der Waals surface area contributed by atoms with Crippen LogP contribution in [0.15, 0.2) is 18.2 Å². The van der Waals surface area contributed by atoms with E-state index in [4.69, 9.17) is 0 Å². The number of nitrogens with one attached hydrogen (secondary N) is 1. The molecule has 0 radical (unpaired) electrons. The van der Waals surface area contributed by atoms with Gasteiger partial charge < -0.3 is 10.4 Å². The van der Waals surface area contributed by atoms with Crippen molar-refractivity contribution in [2.45, 2.75) is 25.9 Å². The van der Waals surface area contributed by atoms with E-state index in [0.29, 0.717) is 17.0 Å². The van der Waals surface area contributed by atoms with Crippen LogP contribution in [0.1, 0.15) is 28.8 Å². The lowest BCUT2D eigenvalue weighted by Gasteiger charge is -2.11. The monoisotopic (exact) mass is 237 g/mol. The molecule has 0 saturated heterocycles. The van der Waals surface area contributed by atoms with Crippen molar-refractivity contribution in [1.29, 1.82) is 0 Å². The van der Waals surface area contributed by atoms with E-state index < -0.39 is 11.9 Å². The van der Waals surface area contributed by atoms with Crippen molar-refractivity contribution in [3.05, 3.63) is 35.1 Å². The zero-order chi connectivity index (χ0) is 12.4. The van der Waals surface area contributed by atoms with Gasteiger partial charge in [0.2, 0.25) is 0 Å². The Labute approximate surface area is 99.7 Å². The molecule has 1 atom stereocenters. The molecule has 1 amide bonds. The average molecular weight is 237 g/mol. The molecule has 0 aromatic heterocycles. The first-order chi connectivity index (χ1) is 8.06. The molecule has 1 saturated carbocycles. The molecule has 1 unspecified atom stereocenters. The summed E-state index contributed by atoms with van der Waals surface area (Å²) in [6.45, 7) is 1.97. The minimum absolute atomic E-state index is 0.235. The van der Waals surface area contributed by atoms with Crippen LogP contribution in [0.25, 0.3) is 0 Å². The van der Waals surface area contributed by atoms with Crippen LogP contribution in [0.2, 0.25) is 0 Å². The summed E-state index contributed by atoms with van der Waals surface area (Å²) in [5.41, 5.74) is 1.00. The van der Waals surface area contributed by atoms with Gasteiger partial charge in [0.1, 0.15) is 5.82 Å². The number of hydrogen-bond acceptors (Lipinski definition) is 2. The van der Waals surface area contributed by atoms with Gasteiger partial charge in [0.05, 0.1) is 6.10 Å². The molecule has 2 rings (SSSR count). The van der Waals surface area contributed by atoms with Crippen molar-refractivity contribution in [3.63, 3.8) is 0 Å². The molecule has 1 aliphatic rings. The number of amides is 1. The highest BCUT2D eigenvalue weighted by Crippen LogP contribution is 2.32. The predicted octanol–water partition coefficient (Wildman–Crippen LogP) is 1.63. The fraction of sp³-hybridized carbons (Fsp3) is 0.462. The number of aliphatic hydroxyl groups excluding tert-OH is 1. The number of benzene rings is 1. The van der Waals surface area contributed by atoms with Gasteiger partial charge in [-0.3, -0.25) is 4.79 Å². The average Bonchev–Trinajstić information content (AvgIpc) is 3.07. The topological polar surface area (TPSA) is 49.3 Å². The van der Waals surface area contributed by atoms with Gasteiger partial charge in [0, 0.05) is 12.1 Å². The van der Waals surface area contributed by atoms with Gasteiger partial charge in [0.25, 0.3) is 5.91 Å². The highest BCUT2D eigenvalue weighted by molar-refractivity contribution is 5.94. The number of rotatable bonds is 4. The standard InChI is InChI=1S/C13H16FNO2/c1-8-4-10(6-11(14)5-8)13(17)15-7-12(16)9-2-3-9/h4-6,9,12,16H,2-3,7H2,1H3,(H,15,17). The van der Waals surface area contributed by atoms with Crippen LogP contribution in [0.3, 0.4) is 0 Å². The van der Waals surface area contributed by atoms with Crippen molar-refractivity contribution in [3.8, 4) is 0 Å². The molecular formula is C13H16FNO2. The molecule has 0 spiro atoms. The van der Waals surface area contributed by atoms with Crippen LogP contribution in [0.4, 0.5) is 4.39 Å². The number of halogens is 1. The lowest BCUT2D eigenvalue weighted by atomic mass is 10.1. The first kappa shape index (κ1) is 12.0. The third kappa shape index (κ3) is 3.27. The summed E-state index contributed by atoms with van der Waals surface area (Å²) < 4.78 is 13.1. The fourth-order valence-corrected chi connectivity index (χ4v) is 1.81. The van der Waals surface area contributed by atoms with E-state index in [0.717, 1.165) is 12.8 Å². The van der Waals surface area contributed by atoms with E-state index in [-0.39, 0.29) is 12.5 Å². The first-order valence-corrected chi connectivity index (χ1v) is 5.79. The maximum absolute atomic E-state index is 13.1. The van der Waals surface area contributed by atoms with Crippen LogP contribution in [-0.2, 0) is 0 Å². The van der Waals surface area contributed by atoms with E-state index >= 15 is 0 Å². The normalized spacial score (nSPS) is 16.6. The van der Waals surface area contributed by atoms with Crippen LogP contribution in [0.5, 0.6) is 0 Å². The van der Waals surface area contributed by atoms with Crippen molar-refractivity contribution >= 4 is 5.91 Å². The summed E-state index contributed by atoms with van der Waals surface area (Å²) in [6.07, 6.45) is 1.57. The number of carbonyl (C=O) groups is 1. The zero-order valence-electron chi connectivity index (χ0n) is 9.74. The van der Waals surface area contributed by atoms with Gasteiger partial charge in [-0.1, -0.05) is 0 Å². The van der Waals surface area contributed by atoms with E-state index in [1.807, 2.05) is 0 Å². The molecule has 0 bridgehead atoms. The molecule has 92 valence electrons. The maximum atomic E-state index is 13.1. The van der Waals surface area contributed by atoms with Gasteiger partial charge in [-0.2, -0.15) is 0 Å². The Morgan fingerprint density at radius 1 is 1.53 bits per heavy atom. The SMILES string of the molecule is Cc1cc(F)cc(C(=O)NCC(O)C2CC2)c1. The van der Waals surface area contributed by atoms with Crippen LogP contribution in [-0.4, -0.2) is 23.7 Å². The second kappa shape index (κ2) is 4.84. The summed E-state index contributed by atoms with van der Waals surface area (Å²) >= 11 is 0. The van der Waals surface area contributed by atoms with E-state index in [1.165, 1.54) is 12.1 Å². The van der Waals surface area contributed by atoms with E-state index in [2.05, 4.69) is 5.32 Å². The minimum atomic E-state index is -0.478. The Balaban J connectivity index is 1.94.